The van der Waals surface area contributed by atoms with E-state index in [1.807, 2.05) is 19.9 Å². The topological polar surface area (TPSA) is 69.6 Å². The first-order valence-electron chi connectivity index (χ1n) is 6.93. The lowest BCUT2D eigenvalue weighted by molar-refractivity contribution is 0.0696. The zero-order chi connectivity index (χ0) is 15.8. The van der Waals surface area contributed by atoms with Gasteiger partial charge in [-0.25, -0.2) is 9.59 Å². The Kier molecular flexibility index (Phi) is 6.46. The molecule has 114 valence electrons. The van der Waals surface area contributed by atoms with Crippen molar-refractivity contribution in [2.45, 2.75) is 26.3 Å². The number of carboxylic acid groups (broad SMARTS) is 1. The van der Waals surface area contributed by atoms with Crippen LogP contribution in [0.1, 0.15) is 29.8 Å². The Morgan fingerprint density at radius 3 is 2.71 bits per heavy atom. The highest BCUT2D eigenvalue weighted by atomic mass is 16.4. The number of benzene rings is 1. The van der Waals surface area contributed by atoms with Gasteiger partial charge in [-0.1, -0.05) is 18.2 Å². The molecule has 0 fully saturated rings. The van der Waals surface area contributed by atoms with Crippen LogP contribution in [0.25, 0.3) is 0 Å². The summed E-state index contributed by atoms with van der Waals surface area (Å²) in [5.41, 5.74) is 1.14. The van der Waals surface area contributed by atoms with E-state index in [-0.39, 0.29) is 17.6 Å². The molecule has 0 unspecified atom stereocenters. The number of nitrogens with one attached hydrogen (secondary N) is 1. The van der Waals surface area contributed by atoms with Gasteiger partial charge in [0.15, 0.2) is 0 Å². The monoisotopic (exact) mass is 290 g/mol. The minimum atomic E-state index is -0.946. The van der Waals surface area contributed by atoms with E-state index in [1.165, 1.54) is 0 Å². The van der Waals surface area contributed by atoms with Crippen molar-refractivity contribution in [3.8, 4) is 0 Å². The number of aromatic carboxylic acids is 1. The van der Waals surface area contributed by atoms with E-state index in [2.05, 4.69) is 11.9 Å². The number of carboxylic acids is 1. The first-order chi connectivity index (χ1) is 9.95. The smallest absolute Gasteiger partial charge is 0.335 e. The summed E-state index contributed by atoms with van der Waals surface area (Å²) >= 11 is 0. The Balaban J connectivity index is 2.52. The number of urea groups is 1. The lowest BCUT2D eigenvalue weighted by Gasteiger charge is -2.25. The molecule has 0 radical (unpaired) electrons. The Bertz CT molecular complexity index is 512. The molecule has 0 spiro atoms. The summed E-state index contributed by atoms with van der Waals surface area (Å²) in [4.78, 5) is 24.6. The highest BCUT2D eigenvalue weighted by molar-refractivity contribution is 5.87. The van der Waals surface area contributed by atoms with E-state index < -0.39 is 5.97 Å². The van der Waals surface area contributed by atoms with Gasteiger partial charge in [0, 0.05) is 19.1 Å². The Hall–Kier alpha value is -2.30. The lowest BCUT2D eigenvalue weighted by Crippen LogP contribution is -2.44. The van der Waals surface area contributed by atoms with Crippen molar-refractivity contribution < 1.29 is 14.7 Å². The van der Waals surface area contributed by atoms with E-state index in [9.17, 15) is 9.59 Å². The molecule has 0 aliphatic rings. The molecule has 2 N–H and O–H groups in total. The molecule has 0 bridgehead atoms. The van der Waals surface area contributed by atoms with Crippen LogP contribution < -0.4 is 5.32 Å². The average molecular weight is 290 g/mol. The van der Waals surface area contributed by atoms with E-state index in [1.54, 1.807) is 29.2 Å². The zero-order valence-electron chi connectivity index (χ0n) is 12.5. The van der Waals surface area contributed by atoms with Gasteiger partial charge in [0.2, 0.25) is 0 Å². The molecule has 1 aromatic carbocycles. The van der Waals surface area contributed by atoms with Gasteiger partial charge in [-0.05, 0) is 38.0 Å². The van der Waals surface area contributed by atoms with Crippen LogP contribution in [-0.4, -0.2) is 41.1 Å². The molecular formula is C16H22N2O3. The standard InChI is InChI=1S/C16H22N2O3/c1-4-10-18(12(2)3)16(21)17-9-8-13-6-5-7-14(11-13)15(19)20/h4-7,11-12H,1,8-10H2,2-3H3,(H,17,21)(H,19,20). The van der Waals surface area contributed by atoms with Crippen LogP contribution in [-0.2, 0) is 6.42 Å². The van der Waals surface area contributed by atoms with Gasteiger partial charge in [0.05, 0.1) is 5.56 Å². The van der Waals surface area contributed by atoms with Crippen molar-refractivity contribution in [2.75, 3.05) is 13.1 Å². The number of hydrogen-bond donors (Lipinski definition) is 2. The Labute approximate surface area is 125 Å². The van der Waals surface area contributed by atoms with Crippen LogP contribution in [0, 0.1) is 0 Å². The first kappa shape index (κ1) is 16.8. The van der Waals surface area contributed by atoms with Crippen LogP contribution in [0.5, 0.6) is 0 Å². The second-order valence-electron chi connectivity index (χ2n) is 5.02. The van der Waals surface area contributed by atoms with E-state index >= 15 is 0 Å². The number of rotatable bonds is 7. The van der Waals surface area contributed by atoms with Crippen LogP contribution in [0.15, 0.2) is 36.9 Å². The quantitative estimate of drug-likeness (QED) is 0.758. The van der Waals surface area contributed by atoms with Gasteiger partial charge in [0.1, 0.15) is 0 Å². The predicted molar refractivity (Wildman–Crippen MR) is 82.5 cm³/mol. The Morgan fingerprint density at radius 1 is 1.43 bits per heavy atom. The van der Waals surface area contributed by atoms with E-state index in [0.717, 1.165) is 5.56 Å². The fourth-order valence-electron chi connectivity index (χ4n) is 1.94. The van der Waals surface area contributed by atoms with Crippen LogP contribution in [0.3, 0.4) is 0 Å². The normalized spacial score (nSPS) is 10.2. The van der Waals surface area contributed by atoms with Crippen molar-refractivity contribution in [2.24, 2.45) is 0 Å². The predicted octanol–water partition coefficient (Wildman–Crippen LogP) is 2.53. The second kappa shape index (κ2) is 8.09. The highest BCUT2D eigenvalue weighted by Crippen LogP contribution is 2.06. The lowest BCUT2D eigenvalue weighted by atomic mass is 10.1. The SMILES string of the molecule is C=CCN(C(=O)NCCc1cccc(C(=O)O)c1)C(C)C. The number of hydrogen-bond acceptors (Lipinski definition) is 2. The second-order valence-corrected chi connectivity index (χ2v) is 5.02. The van der Waals surface area contributed by atoms with Crippen LogP contribution in [0.2, 0.25) is 0 Å². The molecular weight excluding hydrogens is 268 g/mol. The number of amides is 2. The summed E-state index contributed by atoms with van der Waals surface area (Å²) < 4.78 is 0. The summed E-state index contributed by atoms with van der Waals surface area (Å²) in [7, 11) is 0. The third-order valence-electron chi connectivity index (χ3n) is 3.07. The maximum Gasteiger partial charge on any atom is 0.335 e. The van der Waals surface area contributed by atoms with Gasteiger partial charge >= 0.3 is 12.0 Å². The van der Waals surface area contributed by atoms with E-state index in [0.29, 0.717) is 19.5 Å². The summed E-state index contributed by atoms with van der Waals surface area (Å²) in [5.74, 6) is -0.946. The van der Waals surface area contributed by atoms with Gasteiger partial charge < -0.3 is 15.3 Å². The molecule has 0 atom stereocenters. The minimum absolute atomic E-state index is 0.0957. The molecule has 21 heavy (non-hydrogen) atoms. The third-order valence-corrected chi connectivity index (χ3v) is 3.07. The summed E-state index contributed by atoms with van der Waals surface area (Å²) in [5, 5.41) is 11.8. The fraction of sp³-hybridized carbons (Fsp3) is 0.375. The fourth-order valence-corrected chi connectivity index (χ4v) is 1.94. The minimum Gasteiger partial charge on any atom is -0.478 e. The van der Waals surface area contributed by atoms with Crippen molar-refractivity contribution in [3.05, 3.63) is 48.0 Å². The molecule has 5 nitrogen and oxygen atoms in total. The molecule has 0 heterocycles. The van der Waals surface area contributed by atoms with E-state index in [4.69, 9.17) is 5.11 Å². The molecule has 2 amide bonds. The molecule has 0 aliphatic heterocycles. The third kappa shape index (κ3) is 5.30. The number of nitrogens with zero attached hydrogens (tertiary/aromatic N) is 1. The first-order valence-corrected chi connectivity index (χ1v) is 6.93. The van der Waals surface area contributed by atoms with Crippen molar-refractivity contribution >= 4 is 12.0 Å². The summed E-state index contributed by atoms with van der Waals surface area (Å²) in [6.07, 6.45) is 2.28. The average Bonchev–Trinajstić information content (AvgIpc) is 2.44. The van der Waals surface area contributed by atoms with Crippen molar-refractivity contribution in [1.29, 1.82) is 0 Å². The van der Waals surface area contributed by atoms with Gasteiger partial charge in [-0.3, -0.25) is 0 Å². The Morgan fingerprint density at radius 2 is 2.14 bits per heavy atom. The largest absolute Gasteiger partial charge is 0.478 e. The maximum absolute atomic E-state index is 12.0. The van der Waals surface area contributed by atoms with Gasteiger partial charge in [0.25, 0.3) is 0 Å². The van der Waals surface area contributed by atoms with Gasteiger partial charge in [-0.15, -0.1) is 6.58 Å². The maximum atomic E-state index is 12.0. The molecule has 0 saturated carbocycles. The summed E-state index contributed by atoms with van der Waals surface area (Å²) in [6, 6.07) is 6.69. The molecule has 0 saturated heterocycles. The van der Waals surface area contributed by atoms with Crippen LogP contribution in [0.4, 0.5) is 4.79 Å². The van der Waals surface area contributed by atoms with Crippen LogP contribution >= 0.6 is 0 Å². The summed E-state index contributed by atoms with van der Waals surface area (Å²) in [6.45, 7) is 8.49. The number of carbonyl (C=O) groups excluding carboxylic acids is 1. The molecule has 0 aromatic heterocycles. The van der Waals surface area contributed by atoms with Crippen molar-refractivity contribution in [1.82, 2.24) is 10.2 Å². The molecule has 0 aliphatic carbocycles. The molecule has 1 aromatic rings. The molecule has 1 rings (SSSR count). The number of carbonyl (C=O) groups is 2. The zero-order valence-corrected chi connectivity index (χ0v) is 12.5. The molecule has 5 heteroatoms. The highest BCUT2D eigenvalue weighted by Gasteiger charge is 2.14. The van der Waals surface area contributed by atoms with Gasteiger partial charge in [-0.2, -0.15) is 0 Å². The van der Waals surface area contributed by atoms with Crippen molar-refractivity contribution in [3.63, 3.8) is 0 Å².